The van der Waals surface area contributed by atoms with Crippen molar-refractivity contribution >= 4 is 5.97 Å². The van der Waals surface area contributed by atoms with Gasteiger partial charge in [0.15, 0.2) is 0 Å². The van der Waals surface area contributed by atoms with Crippen LogP contribution in [0.2, 0.25) is 0 Å². The lowest BCUT2D eigenvalue weighted by Gasteiger charge is -2.23. The van der Waals surface area contributed by atoms with Gasteiger partial charge in [0.2, 0.25) is 0 Å². The van der Waals surface area contributed by atoms with E-state index in [1.807, 2.05) is 0 Å². The molecule has 1 aromatic rings. The van der Waals surface area contributed by atoms with Gasteiger partial charge < -0.3 is 5.11 Å². The molecular weight excluding hydrogens is 238 g/mol. The quantitative estimate of drug-likeness (QED) is 0.883. The van der Waals surface area contributed by atoms with E-state index in [4.69, 9.17) is 5.11 Å². The molecule has 1 N–H and O–H groups in total. The molecule has 1 aliphatic carbocycles. The van der Waals surface area contributed by atoms with Crippen LogP contribution in [-0.2, 0) is 11.3 Å². The Morgan fingerprint density at radius 1 is 1.32 bits per heavy atom. The zero-order valence-corrected chi connectivity index (χ0v) is 11.2. The van der Waals surface area contributed by atoms with Crippen LogP contribution in [0.5, 0.6) is 0 Å². The van der Waals surface area contributed by atoms with Gasteiger partial charge in [0, 0.05) is 12.6 Å². The van der Waals surface area contributed by atoms with E-state index in [1.165, 1.54) is 24.0 Å². The molecule has 1 aliphatic heterocycles. The second-order valence-corrected chi connectivity index (χ2v) is 5.88. The summed E-state index contributed by atoms with van der Waals surface area (Å²) >= 11 is 0. The maximum absolute atomic E-state index is 10.9. The summed E-state index contributed by atoms with van der Waals surface area (Å²) in [5.41, 5.74) is 2.80. The third-order valence-corrected chi connectivity index (χ3v) is 4.29. The first-order valence-corrected chi connectivity index (χ1v) is 7.27. The maximum atomic E-state index is 10.9. The minimum absolute atomic E-state index is 0.224. The summed E-state index contributed by atoms with van der Waals surface area (Å²) in [5.74, 6) is 0.108. The van der Waals surface area contributed by atoms with Crippen LogP contribution >= 0.6 is 0 Å². The molecule has 1 heterocycles. The normalized spacial score (nSPS) is 23.7. The molecular formula is C16H21NO2. The minimum atomic E-state index is -0.677. The van der Waals surface area contributed by atoms with Gasteiger partial charge in [-0.2, -0.15) is 0 Å². The Kier molecular flexibility index (Phi) is 3.56. The Balaban J connectivity index is 1.66. The summed E-state index contributed by atoms with van der Waals surface area (Å²) in [6.45, 7) is 1.93. The molecule has 0 spiro atoms. The highest BCUT2D eigenvalue weighted by atomic mass is 16.4. The van der Waals surface area contributed by atoms with Crippen molar-refractivity contribution in [3.05, 3.63) is 35.4 Å². The Hall–Kier alpha value is -1.35. The van der Waals surface area contributed by atoms with Crippen LogP contribution in [0.4, 0.5) is 0 Å². The molecule has 1 saturated heterocycles. The van der Waals surface area contributed by atoms with E-state index in [0.717, 1.165) is 31.8 Å². The Morgan fingerprint density at radius 2 is 2.16 bits per heavy atom. The van der Waals surface area contributed by atoms with Gasteiger partial charge in [-0.15, -0.1) is 0 Å². The van der Waals surface area contributed by atoms with Crippen LogP contribution in [0.15, 0.2) is 24.3 Å². The largest absolute Gasteiger partial charge is 0.481 e. The molecule has 3 heteroatoms. The first-order chi connectivity index (χ1) is 9.22. The molecule has 3 rings (SSSR count). The summed E-state index contributed by atoms with van der Waals surface area (Å²) in [4.78, 5) is 13.2. The fraction of sp³-hybridized carbons (Fsp3) is 0.562. The molecule has 0 bridgehead atoms. The van der Waals surface area contributed by atoms with Crippen LogP contribution in [0.1, 0.15) is 49.1 Å². The average Bonchev–Trinajstić information content (AvgIpc) is 3.14. The second kappa shape index (κ2) is 5.33. The van der Waals surface area contributed by atoms with E-state index >= 15 is 0 Å². The zero-order chi connectivity index (χ0) is 13.2. The van der Waals surface area contributed by atoms with Crippen molar-refractivity contribution in [1.29, 1.82) is 0 Å². The predicted octanol–water partition coefficient (Wildman–Crippen LogP) is 3.00. The Bertz CT molecular complexity index is 468. The van der Waals surface area contributed by atoms with Crippen LogP contribution in [0.3, 0.4) is 0 Å². The average molecular weight is 259 g/mol. The van der Waals surface area contributed by atoms with E-state index in [0.29, 0.717) is 0 Å². The molecule has 2 fully saturated rings. The fourth-order valence-electron chi connectivity index (χ4n) is 3.13. The number of benzene rings is 1. The number of nitrogens with zero attached hydrogens (tertiary/aromatic N) is 1. The summed E-state index contributed by atoms with van der Waals surface area (Å²) in [5, 5.41) is 8.96. The van der Waals surface area contributed by atoms with E-state index in [1.54, 1.807) is 0 Å². The Labute approximate surface area is 114 Å². The van der Waals surface area contributed by atoms with E-state index in [9.17, 15) is 4.79 Å². The van der Waals surface area contributed by atoms with Crippen molar-refractivity contribution in [2.75, 3.05) is 6.54 Å². The number of carboxylic acid groups (broad SMARTS) is 1. The molecule has 1 unspecified atom stereocenters. The van der Waals surface area contributed by atoms with E-state index < -0.39 is 5.97 Å². The number of carboxylic acids is 1. The molecule has 1 aromatic carbocycles. The fourth-order valence-corrected chi connectivity index (χ4v) is 3.13. The molecule has 0 amide bonds. The summed E-state index contributed by atoms with van der Waals surface area (Å²) in [6, 6.07) is 9.07. The van der Waals surface area contributed by atoms with Crippen molar-refractivity contribution < 1.29 is 9.90 Å². The highest BCUT2D eigenvalue weighted by Crippen LogP contribution is 2.40. The molecule has 1 saturated carbocycles. The number of hydrogen-bond donors (Lipinski definition) is 1. The smallest absolute Gasteiger partial charge is 0.304 e. The monoisotopic (exact) mass is 259 g/mol. The highest BCUT2D eigenvalue weighted by Gasteiger charge is 2.27. The maximum Gasteiger partial charge on any atom is 0.304 e. The number of carbonyl (C=O) groups is 1. The first kappa shape index (κ1) is 12.7. The van der Waals surface area contributed by atoms with Crippen molar-refractivity contribution in [3.63, 3.8) is 0 Å². The van der Waals surface area contributed by atoms with Crippen LogP contribution in [-0.4, -0.2) is 28.6 Å². The van der Waals surface area contributed by atoms with Gasteiger partial charge in [0.25, 0.3) is 0 Å². The summed E-state index contributed by atoms with van der Waals surface area (Å²) in [7, 11) is 0. The van der Waals surface area contributed by atoms with Crippen LogP contribution in [0, 0.1) is 0 Å². The lowest BCUT2D eigenvalue weighted by molar-refractivity contribution is -0.138. The molecule has 0 radical (unpaired) electrons. The molecule has 2 aliphatic rings. The summed E-state index contributed by atoms with van der Waals surface area (Å²) < 4.78 is 0. The van der Waals surface area contributed by atoms with E-state index in [-0.39, 0.29) is 12.5 Å². The number of rotatable bonds is 5. The number of hydrogen-bond acceptors (Lipinski definition) is 2. The van der Waals surface area contributed by atoms with Gasteiger partial charge >= 0.3 is 5.97 Å². The standard InChI is InChI=1S/C16H21NO2/c18-16(19)10-15-5-2-8-17(15)11-12-3-1-4-14(9-12)13-6-7-13/h1,3-4,9,13,15H,2,5-8,10-11H2,(H,18,19). The van der Waals surface area contributed by atoms with Crippen molar-refractivity contribution in [3.8, 4) is 0 Å². The Morgan fingerprint density at radius 3 is 2.89 bits per heavy atom. The topological polar surface area (TPSA) is 40.5 Å². The van der Waals surface area contributed by atoms with Gasteiger partial charge in [-0.05, 0) is 49.3 Å². The lowest BCUT2D eigenvalue weighted by atomic mass is 10.1. The number of likely N-dealkylation sites (tertiary alicyclic amines) is 1. The summed E-state index contributed by atoms with van der Waals surface area (Å²) in [6.07, 6.45) is 5.08. The molecule has 102 valence electrons. The van der Waals surface area contributed by atoms with Gasteiger partial charge in [0.05, 0.1) is 6.42 Å². The third kappa shape index (κ3) is 3.16. The second-order valence-electron chi connectivity index (χ2n) is 5.88. The molecule has 19 heavy (non-hydrogen) atoms. The van der Waals surface area contributed by atoms with Crippen molar-refractivity contribution in [2.45, 2.75) is 50.6 Å². The SMILES string of the molecule is O=C(O)CC1CCCN1Cc1cccc(C2CC2)c1. The van der Waals surface area contributed by atoms with Gasteiger partial charge in [-0.25, -0.2) is 0 Å². The van der Waals surface area contributed by atoms with E-state index in [2.05, 4.69) is 29.2 Å². The van der Waals surface area contributed by atoms with Gasteiger partial charge in [-0.3, -0.25) is 9.69 Å². The third-order valence-electron chi connectivity index (χ3n) is 4.29. The first-order valence-electron chi connectivity index (χ1n) is 7.27. The minimum Gasteiger partial charge on any atom is -0.481 e. The van der Waals surface area contributed by atoms with Gasteiger partial charge in [-0.1, -0.05) is 24.3 Å². The molecule has 0 aromatic heterocycles. The lowest BCUT2D eigenvalue weighted by Crippen LogP contribution is -2.30. The van der Waals surface area contributed by atoms with Crippen molar-refractivity contribution in [1.82, 2.24) is 4.90 Å². The highest BCUT2D eigenvalue weighted by molar-refractivity contribution is 5.67. The van der Waals surface area contributed by atoms with Crippen LogP contribution < -0.4 is 0 Å². The predicted molar refractivity (Wildman–Crippen MR) is 74.1 cm³/mol. The van der Waals surface area contributed by atoms with Crippen molar-refractivity contribution in [2.24, 2.45) is 0 Å². The zero-order valence-electron chi connectivity index (χ0n) is 11.2. The molecule has 3 nitrogen and oxygen atoms in total. The van der Waals surface area contributed by atoms with Crippen LogP contribution in [0.25, 0.3) is 0 Å². The molecule has 1 atom stereocenters. The number of aliphatic carboxylic acids is 1. The van der Waals surface area contributed by atoms with Gasteiger partial charge in [0.1, 0.15) is 0 Å².